The molecule has 1 aliphatic heterocycles. The summed E-state index contributed by atoms with van der Waals surface area (Å²) in [4.78, 5) is 26.2. The van der Waals surface area contributed by atoms with Crippen molar-refractivity contribution in [2.24, 2.45) is 17.8 Å². The summed E-state index contributed by atoms with van der Waals surface area (Å²) in [5.41, 5.74) is 0. The summed E-state index contributed by atoms with van der Waals surface area (Å²) in [6.07, 6.45) is 5.76. The fraction of sp³-hybridized carbons (Fsp3) is 0.867. The molecule has 0 aromatic rings. The van der Waals surface area contributed by atoms with Crippen molar-refractivity contribution < 1.29 is 14.3 Å². The van der Waals surface area contributed by atoms with E-state index in [-0.39, 0.29) is 23.7 Å². The summed E-state index contributed by atoms with van der Waals surface area (Å²) in [7, 11) is 1.43. The van der Waals surface area contributed by atoms with Crippen molar-refractivity contribution in [3.05, 3.63) is 0 Å². The Labute approximate surface area is 115 Å². The molecular formula is C15H25NO3. The summed E-state index contributed by atoms with van der Waals surface area (Å²) in [5.74, 6) is 0.681. The van der Waals surface area contributed by atoms with Crippen molar-refractivity contribution in [3.8, 4) is 0 Å². The lowest BCUT2D eigenvalue weighted by molar-refractivity contribution is -0.149. The van der Waals surface area contributed by atoms with Crippen molar-refractivity contribution >= 4 is 11.9 Å². The topological polar surface area (TPSA) is 46.6 Å². The van der Waals surface area contributed by atoms with Crippen LogP contribution in [-0.4, -0.2) is 37.0 Å². The van der Waals surface area contributed by atoms with Crippen molar-refractivity contribution in [2.45, 2.75) is 45.4 Å². The van der Waals surface area contributed by atoms with E-state index in [0.717, 1.165) is 38.8 Å². The summed E-state index contributed by atoms with van der Waals surface area (Å²) < 4.78 is 4.82. The molecule has 1 aliphatic carbocycles. The number of likely N-dealkylation sites (tertiary alicyclic amines) is 1. The normalized spacial score (nSPS) is 31.9. The molecule has 1 saturated heterocycles. The number of ether oxygens (including phenoxy) is 1. The summed E-state index contributed by atoms with van der Waals surface area (Å²) >= 11 is 0. The maximum atomic E-state index is 12.5. The van der Waals surface area contributed by atoms with E-state index in [9.17, 15) is 9.59 Å². The van der Waals surface area contributed by atoms with E-state index in [1.807, 2.05) is 4.90 Å². The predicted octanol–water partition coefficient (Wildman–Crippen LogP) is 2.22. The molecule has 0 aromatic carbocycles. The highest BCUT2D eigenvalue weighted by atomic mass is 16.5. The molecule has 0 unspecified atom stereocenters. The lowest BCUT2D eigenvalue weighted by Crippen LogP contribution is -2.44. The van der Waals surface area contributed by atoms with Crippen molar-refractivity contribution in [2.75, 3.05) is 20.2 Å². The Morgan fingerprint density at radius 2 is 1.84 bits per heavy atom. The van der Waals surface area contributed by atoms with Crippen LogP contribution in [0.1, 0.15) is 45.4 Å². The van der Waals surface area contributed by atoms with E-state index in [1.54, 1.807) is 0 Å². The lowest BCUT2D eigenvalue weighted by Gasteiger charge is -2.35. The van der Waals surface area contributed by atoms with Gasteiger partial charge in [-0.25, -0.2) is 0 Å². The third-order valence-electron chi connectivity index (χ3n) is 4.53. The van der Waals surface area contributed by atoms with Gasteiger partial charge in [0.2, 0.25) is 5.91 Å². The van der Waals surface area contributed by atoms with Gasteiger partial charge in [0, 0.05) is 19.0 Å². The minimum atomic E-state index is -0.149. The van der Waals surface area contributed by atoms with Crippen molar-refractivity contribution in [1.82, 2.24) is 4.90 Å². The van der Waals surface area contributed by atoms with Crippen LogP contribution in [0.25, 0.3) is 0 Å². The average Bonchev–Trinajstić information content (AvgIpc) is 2.45. The van der Waals surface area contributed by atoms with E-state index in [1.165, 1.54) is 13.5 Å². The lowest BCUT2D eigenvalue weighted by atomic mass is 9.80. The minimum Gasteiger partial charge on any atom is -0.469 e. The van der Waals surface area contributed by atoms with E-state index in [2.05, 4.69) is 6.92 Å². The Kier molecular flexibility index (Phi) is 4.83. The van der Waals surface area contributed by atoms with Gasteiger partial charge < -0.3 is 9.64 Å². The molecular weight excluding hydrogens is 242 g/mol. The first-order chi connectivity index (χ1) is 9.11. The average molecular weight is 267 g/mol. The Balaban J connectivity index is 1.93. The number of rotatable bonds is 2. The van der Waals surface area contributed by atoms with Gasteiger partial charge in [0.1, 0.15) is 0 Å². The number of nitrogens with zero attached hydrogens (tertiary/aromatic N) is 1. The van der Waals surface area contributed by atoms with Crippen molar-refractivity contribution in [3.63, 3.8) is 0 Å². The summed E-state index contributed by atoms with van der Waals surface area (Å²) in [6, 6.07) is 0. The van der Waals surface area contributed by atoms with Gasteiger partial charge in [-0.2, -0.15) is 0 Å². The van der Waals surface area contributed by atoms with Crippen LogP contribution in [0, 0.1) is 17.8 Å². The van der Waals surface area contributed by atoms with Gasteiger partial charge in [-0.15, -0.1) is 0 Å². The molecule has 2 rings (SSSR count). The molecule has 4 nitrogen and oxygen atoms in total. The van der Waals surface area contributed by atoms with Crippen LogP contribution >= 0.6 is 0 Å². The van der Waals surface area contributed by atoms with Crippen LogP contribution in [0.2, 0.25) is 0 Å². The number of carbonyl (C=O) groups excluding carboxylic acids is 2. The third kappa shape index (κ3) is 3.48. The Morgan fingerprint density at radius 3 is 2.53 bits per heavy atom. The van der Waals surface area contributed by atoms with Crippen LogP contribution in [-0.2, 0) is 14.3 Å². The number of esters is 1. The quantitative estimate of drug-likeness (QED) is 0.721. The van der Waals surface area contributed by atoms with Crippen LogP contribution in [0.4, 0.5) is 0 Å². The molecule has 1 saturated carbocycles. The zero-order chi connectivity index (χ0) is 13.8. The Bertz CT molecular complexity index is 342. The van der Waals surface area contributed by atoms with Crippen LogP contribution in [0.15, 0.2) is 0 Å². The third-order valence-corrected chi connectivity index (χ3v) is 4.53. The maximum absolute atomic E-state index is 12.5. The number of hydrogen-bond donors (Lipinski definition) is 0. The van der Waals surface area contributed by atoms with Gasteiger partial charge in [-0.1, -0.05) is 13.3 Å². The monoisotopic (exact) mass is 267 g/mol. The molecule has 2 fully saturated rings. The van der Waals surface area contributed by atoms with E-state index < -0.39 is 0 Å². The van der Waals surface area contributed by atoms with Gasteiger partial charge in [-0.3, -0.25) is 9.59 Å². The van der Waals surface area contributed by atoms with Crippen LogP contribution in [0.5, 0.6) is 0 Å². The maximum Gasteiger partial charge on any atom is 0.308 e. The zero-order valence-electron chi connectivity index (χ0n) is 12.1. The highest BCUT2D eigenvalue weighted by Crippen LogP contribution is 2.32. The largest absolute Gasteiger partial charge is 0.469 e. The first kappa shape index (κ1) is 14.4. The first-order valence-corrected chi connectivity index (χ1v) is 7.48. The second-order valence-corrected chi connectivity index (χ2v) is 6.12. The fourth-order valence-corrected chi connectivity index (χ4v) is 3.44. The molecule has 2 aliphatic rings. The van der Waals surface area contributed by atoms with E-state index in [0.29, 0.717) is 12.3 Å². The Hall–Kier alpha value is -1.06. The highest BCUT2D eigenvalue weighted by Gasteiger charge is 2.34. The second kappa shape index (κ2) is 6.40. The van der Waals surface area contributed by atoms with Gasteiger partial charge in [0.05, 0.1) is 13.0 Å². The second-order valence-electron chi connectivity index (χ2n) is 6.12. The first-order valence-electron chi connectivity index (χ1n) is 7.48. The molecule has 4 heteroatoms. The standard InChI is InChI=1S/C15H25NO3/c1-11-5-4-8-16(10-11)14(17)12-6-3-7-13(9-12)15(18)19-2/h11-13H,3-10H2,1-2H3/t11-,12-,13-/m1/s1. The van der Waals surface area contributed by atoms with Gasteiger partial charge >= 0.3 is 5.97 Å². The molecule has 0 aromatic heterocycles. The molecule has 1 amide bonds. The van der Waals surface area contributed by atoms with E-state index in [4.69, 9.17) is 4.74 Å². The summed E-state index contributed by atoms with van der Waals surface area (Å²) in [5, 5.41) is 0. The molecule has 3 atom stereocenters. The van der Waals surface area contributed by atoms with E-state index >= 15 is 0 Å². The number of methoxy groups -OCH3 is 1. The molecule has 0 spiro atoms. The SMILES string of the molecule is COC(=O)[C@@H]1CCC[C@@H](C(=O)N2CCC[C@@H](C)C2)C1. The number of hydrogen-bond acceptors (Lipinski definition) is 3. The fourth-order valence-electron chi connectivity index (χ4n) is 3.44. The number of amides is 1. The molecule has 19 heavy (non-hydrogen) atoms. The minimum absolute atomic E-state index is 0.0307. The zero-order valence-corrected chi connectivity index (χ0v) is 12.1. The smallest absolute Gasteiger partial charge is 0.308 e. The molecule has 108 valence electrons. The molecule has 0 N–H and O–H groups in total. The van der Waals surface area contributed by atoms with Gasteiger partial charge in [0.25, 0.3) is 0 Å². The summed E-state index contributed by atoms with van der Waals surface area (Å²) in [6.45, 7) is 3.98. The number of piperidine rings is 1. The molecule has 1 heterocycles. The Morgan fingerprint density at radius 1 is 1.11 bits per heavy atom. The molecule has 0 bridgehead atoms. The predicted molar refractivity (Wildman–Crippen MR) is 72.4 cm³/mol. The van der Waals surface area contributed by atoms with Gasteiger partial charge in [0.15, 0.2) is 0 Å². The van der Waals surface area contributed by atoms with Crippen LogP contribution in [0.3, 0.4) is 0 Å². The van der Waals surface area contributed by atoms with Crippen LogP contribution < -0.4 is 0 Å². The number of carbonyl (C=O) groups is 2. The highest BCUT2D eigenvalue weighted by molar-refractivity contribution is 5.80. The van der Waals surface area contributed by atoms with Gasteiger partial charge in [-0.05, 0) is 38.0 Å². The molecule has 0 radical (unpaired) electrons. The van der Waals surface area contributed by atoms with Crippen molar-refractivity contribution in [1.29, 1.82) is 0 Å².